The van der Waals surface area contributed by atoms with Crippen LogP contribution in [0.3, 0.4) is 0 Å². The van der Waals surface area contributed by atoms with Crippen LogP contribution >= 0.6 is 11.8 Å². The molecular formula is C10H10F2N2O2S. The Morgan fingerprint density at radius 3 is 2.82 bits per heavy atom. The smallest absolute Gasteiger partial charge is 0.298 e. The summed E-state index contributed by atoms with van der Waals surface area (Å²) in [6, 6.07) is 1.38. The van der Waals surface area contributed by atoms with Crippen molar-refractivity contribution in [1.82, 2.24) is 0 Å². The first-order valence-electron chi connectivity index (χ1n) is 5.05. The van der Waals surface area contributed by atoms with E-state index in [9.17, 15) is 18.9 Å². The molecule has 0 aromatic heterocycles. The van der Waals surface area contributed by atoms with Crippen LogP contribution in [0.4, 0.5) is 20.2 Å². The number of nitro groups is 1. The number of nitrogens with one attached hydrogen (secondary N) is 1. The molecule has 1 atom stereocenters. The van der Waals surface area contributed by atoms with Crippen LogP contribution in [0.5, 0.6) is 0 Å². The van der Waals surface area contributed by atoms with Gasteiger partial charge in [0.25, 0.3) is 5.69 Å². The maximum absolute atomic E-state index is 13.5. The molecule has 0 aliphatic carbocycles. The van der Waals surface area contributed by atoms with Crippen molar-refractivity contribution in [3.63, 3.8) is 0 Å². The Labute approximate surface area is 101 Å². The number of anilines is 1. The van der Waals surface area contributed by atoms with E-state index in [0.717, 1.165) is 24.0 Å². The summed E-state index contributed by atoms with van der Waals surface area (Å²) in [5.74, 6) is -0.156. The molecule has 1 saturated heterocycles. The van der Waals surface area contributed by atoms with Crippen molar-refractivity contribution in [2.24, 2.45) is 0 Å². The SMILES string of the molecule is O=[N+]([O-])c1cc(F)cc(F)c1NC1CCSC1. The minimum absolute atomic E-state index is 0.00124. The van der Waals surface area contributed by atoms with Gasteiger partial charge in [-0.1, -0.05) is 0 Å². The molecular weight excluding hydrogens is 250 g/mol. The monoisotopic (exact) mass is 260 g/mol. The summed E-state index contributed by atoms with van der Waals surface area (Å²) in [4.78, 5) is 9.95. The van der Waals surface area contributed by atoms with E-state index in [1.54, 1.807) is 11.8 Å². The Morgan fingerprint density at radius 2 is 2.24 bits per heavy atom. The predicted octanol–water partition coefficient (Wildman–Crippen LogP) is 2.79. The topological polar surface area (TPSA) is 55.2 Å². The highest BCUT2D eigenvalue weighted by Crippen LogP contribution is 2.31. The van der Waals surface area contributed by atoms with E-state index in [0.29, 0.717) is 6.07 Å². The Kier molecular flexibility index (Phi) is 3.46. The molecule has 4 nitrogen and oxygen atoms in total. The number of hydrogen-bond acceptors (Lipinski definition) is 4. The molecule has 1 heterocycles. The largest absolute Gasteiger partial charge is 0.373 e. The molecule has 0 amide bonds. The zero-order valence-electron chi connectivity index (χ0n) is 8.78. The third-order valence-corrected chi connectivity index (χ3v) is 3.67. The molecule has 1 aliphatic rings. The lowest BCUT2D eigenvalue weighted by molar-refractivity contribution is -0.384. The van der Waals surface area contributed by atoms with Crippen molar-refractivity contribution < 1.29 is 13.7 Å². The highest BCUT2D eigenvalue weighted by molar-refractivity contribution is 7.99. The molecule has 1 aromatic carbocycles. The van der Waals surface area contributed by atoms with Crippen molar-refractivity contribution >= 4 is 23.1 Å². The molecule has 1 aliphatic heterocycles. The van der Waals surface area contributed by atoms with E-state index in [1.165, 1.54) is 0 Å². The lowest BCUT2D eigenvalue weighted by atomic mass is 10.2. The molecule has 1 unspecified atom stereocenters. The average molecular weight is 260 g/mol. The predicted molar refractivity (Wildman–Crippen MR) is 62.4 cm³/mol. The molecule has 0 saturated carbocycles. The molecule has 7 heteroatoms. The lowest BCUT2D eigenvalue weighted by Gasteiger charge is -2.13. The fraction of sp³-hybridized carbons (Fsp3) is 0.400. The van der Waals surface area contributed by atoms with E-state index in [2.05, 4.69) is 5.32 Å². The van der Waals surface area contributed by atoms with Gasteiger partial charge in [0, 0.05) is 17.9 Å². The molecule has 0 spiro atoms. The maximum Gasteiger partial charge on any atom is 0.298 e. The van der Waals surface area contributed by atoms with Gasteiger partial charge in [0.15, 0.2) is 5.82 Å². The van der Waals surface area contributed by atoms with Crippen LogP contribution in [0.1, 0.15) is 6.42 Å². The highest BCUT2D eigenvalue weighted by atomic mass is 32.2. The van der Waals surface area contributed by atoms with Crippen LogP contribution in [-0.2, 0) is 0 Å². The zero-order valence-corrected chi connectivity index (χ0v) is 9.60. The van der Waals surface area contributed by atoms with Crippen LogP contribution in [0, 0.1) is 21.7 Å². The lowest BCUT2D eigenvalue weighted by Crippen LogP contribution is -2.20. The van der Waals surface area contributed by atoms with Crippen LogP contribution in [0.2, 0.25) is 0 Å². The minimum atomic E-state index is -0.944. The third-order valence-electron chi connectivity index (χ3n) is 2.51. The summed E-state index contributed by atoms with van der Waals surface area (Å²) < 4.78 is 26.4. The fourth-order valence-electron chi connectivity index (χ4n) is 1.70. The molecule has 92 valence electrons. The number of halogens is 2. The third kappa shape index (κ3) is 2.66. The number of nitrogens with zero attached hydrogens (tertiary/aromatic N) is 1. The molecule has 0 radical (unpaired) electrons. The van der Waals surface area contributed by atoms with Crippen molar-refractivity contribution in [2.45, 2.75) is 12.5 Å². The summed E-state index contributed by atoms with van der Waals surface area (Å²) in [5.41, 5.74) is -0.775. The first-order valence-corrected chi connectivity index (χ1v) is 6.21. The van der Waals surface area contributed by atoms with E-state index in [4.69, 9.17) is 0 Å². The number of thioether (sulfide) groups is 1. The Hall–Kier alpha value is -1.37. The molecule has 1 aromatic rings. The number of rotatable bonds is 3. The van der Waals surface area contributed by atoms with E-state index in [1.807, 2.05) is 0 Å². The van der Waals surface area contributed by atoms with Crippen LogP contribution in [0.15, 0.2) is 12.1 Å². The van der Waals surface area contributed by atoms with Crippen LogP contribution in [-0.4, -0.2) is 22.5 Å². The summed E-state index contributed by atoms with van der Waals surface area (Å²) in [5, 5.41) is 13.5. The zero-order chi connectivity index (χ0) is 12.4. The Morgan fingerprint density at radius 1 is 1.47 bits per heavy atom. The van der Waals surface area contributed by atoms with Gasteiger partial charge in [-0.2, -0.15) is 11.8 Å². The number of nitro benzene ring substituents is 1. The van der Waals surface area contributed by atoms with Gasteiger partial charge in [0.1, 0.15) is 11.5 Å². The number of hydrogen-bond donors (Lipinski definition) is 1. The Balaban J connectivity index is 2.33. The summed E-state index contributed by atoms with van der Waals surface area (Å²) in [6.07, 6.45) is 0.818. The van der Waals surface area contributed by atoms with Gasteiger partial charge in [0.05, 0.1) is 11.0 Å². The van der Waals surface area contributed by atoms with Crippen molar-refractivity contribution in [3.8, 4) is 0 Å². The maximum atomic E-state index is 13.5. The first-order chi connectivity index (χ1) is 8.08. The molecule has 1 fully saturated rings. The van der Waals surface area contributed by atoms with Crippen LogP contribution in [0.25, 0.3) is 0 Å². The van der Waals surface area contributed by atoms with Crippen molar-refractivity contribution in [2.75, 3.05) is 16.8 Å². The normalized spacial score (nSPS) is 19.3. The van der Waals surface area contributed by atoms with E-state index in [-0.39, 0.29) is 11.7 Å². The van der Waals surface area contributed by atoms with E-state index >= 15 is 0 Å². The van der Waals surface area contributed by atoms with Gasteiger partial charge in [-0.05, 0) is 12.2 Å². The summed E-state index contributed by atoms with van der Waals surface area (Å²) in [7, 11) is 0. The molecule has 0 bridgehead atoms. The molecule has 2 rings (SSSR count). The van der Waals surface area contributed by atoms with Crippen LogP contribution < -0.4 is 5.32 Å². The van der Waals surface area contributed by atoms with Crippen molar-refractivity contribution in [3.05, 3.63) is 33.9 Å². The summed E-state index contributed by atoms with van der Waals surface area (Å²) in [6.45, 7) is 0. The average Bonchev–Trinajstić information content (AvgIpc) is 2.74. The van der Waals surface area contributed by atoms with Gasteiger partial charge >= 0.3 is 0 Å². The first kappa shape index (κ1) is 12.1. The second-order valence-corrected chi connectivity index (χ2v) is 4.89. The number of benzene rings is 1. The molecule has 1 N–H and O–H groups in total. The second kappa shape index (κ2) is 4.87. The summed E-state index contributed by atoms with van der Waals surface area (Å²) >= 11 is 1.70. The molecule has 17 heavy (non-hydrogen) atoms. The second-order valence-electron chi connectivity index (χ2n) is 3.74. The van der Waals surface area contributed by atoms with Crippen molar-refractivity contribution in [1.29, 1.82) is 0 Å². The quantitative estimate of drug-likeness (QED) is 0.670. The van der Waals surface area contributed by atoms with Gasteiger partial charge < -0.3 is 5.32 Å². The minimum Gasteiger partial charge on any atom is -0.373 e. The standard InChI is InChI=1S/C10H10F2N2O2S/c11-6-3-8(12)10(9(4-6)14(15)16)13-7-1-2-17-5-7/h3-4,7,13H,1-2,5H2. The Bertz CT molecular complexity index is 450. The fourth-order valence-corrected chi connectivity index (χ4v) is 2.85. The highest BCUT2D eigenvalue weighted by Gasteiger charge is 2.24. The van der Waals surface area contributed by atoms with E-state index < -0.39 is 22.2 Å². The van der Waals surface area contributed by atoms with Gasteiger partial charge in [0.2, 0.25) is 0 Å². The van der Waals surface area contributed by atoms with Gasteiger partial charge in [-0.25, -0.2) is 8.78 Å². The van der Waals surface area contributed by atoms with Gasteiger partial charge in [-0.15, -0.1) is 0 Å². The van der Waals surface area contributed by atoms with Gasteiger partial charge in [-0.3, -0.25) is 10.1 Å².